The molecule has 1 fully saturated rings. The van der Waals surface area contributed by atoms with Crippen LogP contribution >= 0.6 is 11.6 Å². The molecule has 0 spiro atoms. The molecule has 0 amide bonds. The summed E-state index contributed by atoms with van der Waals surface area (Å²) < 4.78 is 28.0. The quantitative estimate of drug-likeness (QED) is 0.464. The number of hydrazine groups is 1. The number of hydrogen-bond donors (Lipinski definition) is 2. The molecule has 1 heterocycles. The van der Waals surface area contributed by atoms with E-state index in [1.165, 1.54) is 18.4 Å². The van der Waals surface area contributed by atoms with Crippen molar-refractivity contribution in [1.29, 1.82) is 0 Å². The second kappa shape index (κ2) is 10.2. The minimum Gasteiger partial charge on any atom is -0.296 e. The average molecular weight is 489 g/mol. The average Bonchev–Trinajstić information content (AvgIpc) is 2.82. The highest BCUT2D eigenvalue weighted by Gasteiger charge is 2.29. The van der Waals surface area contributed by atoms with Crippen LogP contribution in [0.4, 0.5) is 11.6 Å². The molecular weight excluding hydrogens is 460 g/mol. The summed E-state index contributed by atoms with van der Waals surface area (Å²) >= 11 is 6.06. The molecule has 0 unspecified atom stereocenters. The largest absolute Gasteiger partial charge is 0.296 e. The molecule has 0 aliphatic heterocycles. The fraction of sp³-hybridized carbons (Fsp3) is 0.391. The fourth-order valence-corrected chi connectivity index (χ4v) is 4.84. The highest BCUT2D eigenvalue weighted by Crippen LogP contribution is 2.30. The molecule has 0 bridgehead atoms. The van der Waals surface area contributed by atoms with Crippen LogP contribution in [-0.2, 0) is 10.2 Å². The number of hydrogen-bond acceptors (Lipinski definition) is 6. The lowest BCUT2D eigenvalue weighted by molar-refractivity contribution is 0.317. The van der Waals surface area contributed by atoms with E-state index in [9.17, 15) is 8.42 Å². The summed E-state index contributed by atoms with van der Waals surface area (Å²) in [6.45, 7) is 0.449. The Kier molecular flexibility index (Phi) is 7.33. The summed E-state index contributed by atoms with van der Waals surface area (Å²) in [5.74, 6) is 0.909. The number of benzene rings is 2. The lowest BCUT2D eigenvalue weighted by Crippen LogP contribution is -2.45. The standard InChI is InChI=1S/C23H29ClN6O2S/c1-29(2)33(31,32)26-15-17-7-13-21(14-8-17)30(28-20-11-9-19(24)10-12-20)23-25-16-18-5-3-4-6-22(18)27-23/h3-6,9-12,16-17,21,26,28H,7-8,13-15H2,1-2H3. The maximum absolute atomic E-state index is 12.0. The lowest BCUT2D eigenvalue weighted by atomic mass is 9.86. The predicted molar refractivity (Wildman–Crippen MR) is 133 cm³/mol. The Bertz CT molecular complexity index is 1180. The Balaban J connectivity index is 1.50. The Morgan fingerprint density at radius 2 is 1.73 bits per heavy atom. The van der Waals surface area contributed by atoms with Gasteiger partial charge in [-0.3, -0.25) is 10.4 Å². The molecule has 0 atom stereocenters. The van der Waals surface area contributed by atoms with Gasteiger partial charge >= 0.3 is 0 Å². The van der Waals surface area contributed by atoms with E-state index in [2.05, 4.69) is 15.1 Å². The van der Waals surface area contributed by atoms with Crippen molar-refractivity contribution >= 4 is 44.3 Å². The van der Waals surface area contributed by atoms with Crippen LogP contribution in [0, 0.1) is 5.92 Å². The van der Waals surface area contributed by atoms with E-state index in [0.29, 0.717) is 23.4 Å². The van der Waals surface area contributed by atoms with E-state index < -0.39 is 10.2 Å². The first-order chi connectivity index (χ1) is 15.8. The fourth-order valence-electron chi connectivity index (χ4n) is 4.01. The number of anilines is 2. The van der Waals surface area contributed by atoms with Gasteiger partial charge in [-0.05, 0) is 61.9 Å². The molecule has 2 aromatic carbocycles. The smallest absolute Gasteiger partial charge is 0.278 e. The van der Waals surface area contributed by atoms with Gasteiger partial charge in [0.05, 0.1) is 17.2 Å². The summed E-state index contributed by atoms with van der Waals surface area (Å²) in [6, 6.07) is 15.6. The maximum Gasteiger partial charge on any atom is 0.278 e. The van der Waals surface area contributed by atoms with Crippen molar-refractivity contribution in [1.82, 2.24) is 19.0 Å². The molecule has 1 aliphatic carbocycles. The van der Waals surface area contributed by atoms with Gasteiger partial charge in [-0.1, -0.05) is 29.8 Å². The molecule has 1 aliphatic rings. The molecule has 3 aromatic rings. The highest BCUT2D eigenvalue weighted by atomic mass is 35.5. The number of rotatable bonds is 8. The normalized spacial score (nSPS) is 19.0. The summed E-state index contributed by atoms with van der Waals surface area (Å²) in [6.07, 6.45) is 5.45. The molecule has 176 valence electrons. The van der Waals surface area contributed by atoms with Crippen LogP contribution in [0.3, 0.4) is 0 Å². The SMILES string of the molecule is CN(C)S(=O)(=O)NCC1CCC(N(Nc2ccc(Cl)cc2)c2ncc3ccccc3n2)CC1. The van der Waals surface area contributed by atoms with Gasteiger partial charge in [-0.15, -0.1) is 0 Å². The van der Waals surface area contributed by atoms with Crippen molar-refractivity contribution < 1.29 is 8.42 Å². The zero-order valence-corrected chi connectivity index (χ0v) is 20.4. The van der Waals surface area contributed by atoms with Crippen molar-refractivity contribution in [2.24, 2.45) is 5.92 Å². The Morgan fingerprint density at radius 1 is 1.03 bits per heavy atom. The number of para-hydroxylation sites is 1. The molecule has 10 heteroatoms. The maximum atomic E-state index is 12.0. The van der Waals surface area contributed by atoms with Crippen LogP contribution < -0.4 is 15.2 Å². The van der Waals surface area contributed by atoms with Crippen LogP contribution in [0.25, 0.3) is 10.9 Å². The zero-order valence-electron chi connectivity index (χ0n) is 18.8. The molecule has 1 saturated carbocycles. The molecular formula is C23H29ClN6O2S. The monoisotopic (exact) mass is 488 g/mol. The van der Waals surface area contributed by atoms with Crippen molar-refractivity contribution in [3.05, 3.63) is 59.8 Å². The molecule has 4 rings (SSSR count). The molecule has 8 nitrogen and oxygen atoms in total. The minimum atomic E-state index is -3.41. The molecule has 0 saturated heterocycles. The van der Waals surface area contributed by atoms with E-state index in [-0.39, 0.29) is 6.04 Å². The first kappa shape index (κ1) is 23.7. The highest BCUT2D eigenvalue weighted by molar-refractivity contribution is 7.87. The van der Waals surface area contributed by atoms with E-state index in [4.69, 9.17) is 16.6 Å². The van der Waals surface area contributed by atoms with Gasteiger partial charge in [0.25, 0.3) is 10.2 Å². The summed E-state index contributed by atoms with van der Waals surface area (Å²) in [7, 11) is -0.344. The summed E-state index contributed by atoms with van der Waals surface area (Å²) in [5.41, 5.74) is 5.26. The van der Waals surface area contributed by atoms with Crippen LogP contribution in [0.15, 0.2) is 54.7 Å². The molecule has 0 radical (unpaired) electrons. The second-order valence-corrected chi connectivity index (χ2v) is 10.9. The number of nitrogens with one attached hydrogen (secondary N) is 2. The van der Waals surface area contributed by atoms with Gasteiger partial charge < -0.3 is 0 Å². The number of nitrogens with zero attached hydrogens (tertiary/aromatic N) is 4. The Labute approximate surface area is 200 Å². The van der Waals surface area contributed by atoms with Crippen LogP contribution in [0.2, 0.25) is 5.02 Å². The molecule has 33 heavy (non-hydrogen) atoms. The van der Waals surface area contributed by atoms with Crippen molar-refractivity contribution in [3.8, 4) is 0 Å². The van der Waals surface area contributed by atoms with E-state index in [1.807, 2.05) is 59.7 Å². The van der Waals surface area contributed by atoms with Gasteiger partial charge in [-0.25, -0.2) is 14.7 Å². The number of aromatic nitrogens is 2. The summed E-state index contributed by atoms with van der Waals surface area (Å²) in [4.78, 5) is 9.43. The van der Waals surface area contributed by atoms with Gasteiger partial charge in [0.15, 0.2) is 0 Å². The van der Waals surface area contributed by atoms with Crippen molar-refractivity contribution in [2.75, 3.05) is 31.1 Å². The minimum absolute atomic E-state index is 0.170. The Hall–Kier alpha value is -2.46. The van der Waals surface area contributed by atoms with Crippen molar-refractivity contribution in [2.45, 2.75) is 31.7 Å². The van der Waals surface area contributed by atoms with Gasteiger partial charge in [0.2, 0.25) is 5.95 Å². The lowest BCUT2D eigenvalue weighted by Gasteiger charge is -2.37. The first-order valence-corrected chi connectivity index (χ1v) is 12.8. The number of fused-ring (bicyclic) bond motifs is 1. The number of halogens is 1. The summed E-state index contributed by atoms with van der Waals surface area (Å²) in [5, 5.41) is 3.70. The zero-order chi connectivity index (χ0) is 23.4. The van der Waals surface area contributed by atoms with Crippen LogP contribution in [-0.4, -0.2) is 49.4 Å². The third-order valence-corrected chi connectivity index (χ3v) is 7.75. The van der Waals surface area contributed by atoms with Crippen LogP contribution in [0.5, 0.6) is 0 Å². The second-order valence-electron chi connectivity index (χ2n) is 8.53. The molecule has 1 aromatic heterocycles. The third-order valence-electron chi connectivity index (χ3n) is 6.00. The topological polar surface area (TPSA) is 90.5 Å². The van der Waals surface area contributed by atoms with E-state index in [0.717, 1.165) is 42.3 Å². The van der Waals surface area contributed by atoms with Gasteiger partial charge in [-0.2, -0.15) is 12.7 Å². The van der Waals surface area contributed by atoms with E-state index in [1.54, 1.807) is 0 Å². The van der Waals surface area contributed by atoms with Gasteiger partial charge in [0.1, 0.15) is 0 Å². The third kappa shape index (κ3) is 5.92. The molecule has 2 N–H and O–H groups in total. The van der Waals surface area contributed by atoms with Crippen molar-refractivity contribution in [3.63, 3.8) is 0 Å². The van der Waals surface area contributed by atoms with Gasteiger partial charge in [0, 0.05) is 37.2 Å². The Morgan fingerprint density at radius 3 is 2.42 bits per heavy atom. The van der Waals surface area contributed by atoms with Crippen LogP contribution in [0.1, 0.15) is 25.7 Å². The predicted octanol–water partition coefficient (Wildman–Crippen LogP) is 4.07. The van der Waals surface area contributed by atoms with E-state index >= 15 is 0 Å². The first-order valence-electron chi connectivity index (χ1n) is 11.0.